The van der Waals surface area contributed by atoms with E-state index in [0.29, 0.717) is 23.0 Å². The standard InChI is InChI=1S/C18H22N2O3S/c1-11-5-6-15-13(8-16(21)23-17(15)12(11)2)10-24-18(19)20-9-14-4-3-7-22-14/h5-6,8,14H,3-4,7,9-10H2,1-2H3,(H2,19,20)/t14-/m1/s1. The predicted octanol–water partition coefficient (Wildman–Crippen LogP) is 3.14. The lowest BCUT2D eigenvalue weighted by Gasteiger charge is -2.09. The van der Waals surface area contributed by atoms with E-state index in [1.54, 1.807) is 0 Å². The summed E-state index contributed by atoms with van der Waals surface area (Å²) in [4.78, 5) is 16.2. The van der Waals surface area contributed by atoms with Crippen molar-refractivity contribution in [2.24, 2.45) is 10.7 Å². The van der Waals surface area contributed by atoms with Gasteiger partial charge < -0.3 is 14.9 Å². The molecule has 0 unspecified atom stereocenters. The lowest BCUT2D eigenvalue weighted by Crippen LogP contribution is -2.14. The summed E-state index contributed by atoms with van der Waals surface area (Å²) in [5.74, 6) is 0.589. The molecule has 1 aliphatic rings. The van der Waals surface area contributed by atoms with Gasteiger partial charge >= 0.3 is 5.63 Å². The molecule has 2 aromatic rings. The Morgan fingerprint density at radius 1 is 1.42 bits per heavy atom. The van der Waals surface area contributed by atoms with Crippen molar-refractivity contribution in [1.29, 1.82) is 0 Å². The van der Waals surface area contributed by atoms with Crippen molar-refractivity contribution < 1.29 is 9.15 Å². The van der Waals surface area contributed by atoms with Crippen molar-refractivity contribution in [3.63, 3.8) is 0 Å². The van der Waals surface area contributed by atoms with E-state index in [4.69, 9.17) is 14.9 Å². The summed E-state index contributed by atoms with van der Waals surface area (Å²) in [6.07, 6.45) is 2.33. The number of rotatable bonds is 4. The molecule has 3 rings (SSSR count). The van der Waals surface area contributed by atoms with Gasteiger partial charge in [-0.2, -0.15) is 0 Å². The number of amidine groups is 1. The molecule has 2 N–H and O–H groups in total. The summed E-state index contributed by atoms with van der Waals surface area (Å²) in [7, 11) is 0. The molecule has 0 radical (unpaired) electrons. The third-order valence-electron chi connectivity index (χ3n) is 4.37. The predicted molar refractivity (Wildman–Crippen MR) is 98.7 cm³/mol. The lowest BCUT2D eigenvalue weighted by atomic mass is 10.0. The highest BCUT2D eigenvalue weighted by Gasteiger charge is 2.15. The van der Waals surface area contributed by atoms with Gasteiger partial charge in [-0.1, -0.05) is 23.9 Å². The molecule has 0 bridgehead atoms. The fraction of sp³-hybridized carbons (Fsp3) is 0.444. The molecular weight excluding hydrogens is 324 g/mol. The molecule has 0 saturated carbocycles. The number of nitrogens with two attached hydrogens (primary N) is 1. The Kier molecular flexibility index (Phi) is 5.26. The molecule has 24 heavy (non-hydrogen) atoms. The fourth-order valence-corrected chi connectivity index (χ4v) is 3.53. The average molecular weight is 346 g/mol. The van der Waals surface area contributed by atoms with Gasteiger partial charge in [0.05, 0.1) is 12.6 Å². The SMILES string of the molecule is Cc1ccc2c(CSC(N)=NC[C@H]3CCCO3)cc(=O)oc2c1C. The van der Waals surface area contributed by atoms with Crippen molar-refractivity contribution >= 4 is 27.9 Å². The molecule has 0 amide bonds. The van der Waals surface area contributed by atoms with Crippen LogP contribution in [0.3, 0.4) is 0 Å². The summed E-state index contributed by atoms with van der Waals surface area (Å²) in [5, 5.41) is 1.48. The number of hydrogen-bond acceptors (Lipinski definition) is 5. The van der Waals surface area contributed by atoms with E-state index in [1.165, 1.54) is 17.8 Å². The van der Waals surface area contributed by atoms with E-state index >= 15 is 0 Å². The highest BCUT2D eigenvalue weighted by atomic mass is 32.2. The van der Waals surface area contributed by atoms with Gasteiger partial charge in [-0.3, -0.25) is 4.99 Å². The van der Waals surface area contributed by atoms with E-state index in [2.05, 4.69) is 4.99 Å². The molecule has 1 aromatic carbocycles. The molecule has 1 atom stereocenters. The van der Waals surface area contributed by atoms with Gasteiger partial charge in [0.15, 0.2) is 5.17 Å². The van der Waals surface area contributed by atoms with Crippen LogP contribution in [0.2, 0.25) is 0 Å². The maximum Gasteiger partial charge on any atom is 0.336 e. The largest absolute Gasteiger partial charge is 0.422 e. The zero-order valence-electron chi connectivity index (χ0n) is 14.0. The normalized spacial score (nSPS) is 18.4. The number of ether oxygens (including phenoxy) is 1. The molecule has 1 aliphatic heterocycles. The number of nitrogens with zero attached hydrogens (tertiary/aromatic N) is 1. The van der Waals surface area contributed by atoms with Crippen molar-refractivity contribution in [2.45, 2.75) is 38.5 Å². The zero-order chi connectivity index (χ0) is 17.1. The second kappa shape index (κ2) is 7.40. The molecule has 2 heterocycles. The topological polar surface area (TPSA) is 77.8 Å². The summed E-state index contributed by atoms with van der Waals surface area (Å²) in [5.41, 5.74) is 9.34. The maximum atomic E-state index is 11.9. The van der Waals surface area contributed by atoms with Crippen LogP contribution in [-0.2, 0) is 10.5 Å². The molecule has 1 aromatic heterocycles. The second-order valence-electron chi connectivity index (χ2n) is 6.08. The van der Waals surface area contributed by atoms with Crippen LogP contribution in [0, 0.1) is 13.8 Å². The number of hydrogen-bond donors (Lipinski definition) is 1. The Labute approximate surface area is 145 Å². The van der Waals surface area contributed by atoms with Gasteiger partial charge in [-0.15, -0.1) is 0 Å². The summed E-state index contributed by atoms with van der Waals surface area (Å²) >= 11 is 1.44. The minimum absolute atomic E-state index is 0.194. The highest BCUT2D eigenvalue weighted by Crippen LogP contribution is 2.25. The Balaban J connectivity index is 1.76. The van der Waals surface area contributed by atoms with Crippen molar-refractivity contribution in [3.05, 3.63) is 45.3 Å². The molecule has 5 nitrogen and oxygen atoms in total. The van der Waals surface area contributed by atoms with Crippen LogP contribution < -0.4 is 11.4 Å². The molecule has 0 aliphatic carbocycles. The van der Waals surface area contributed by atoms with Crippen LogP contribution >= 0.6 is 11.8 Å². The summed E-state index contributed by atoms with van der Waals surface area (Å²) in [6, 6.07) is 5.58. The van der Waals surface area contributed by atoms with Crippen molar-refractivity contribution in [2.75, 3.05) is 13.2 Å². The number of benzene rings is 1. The zero-order valence-corrected chi connectivity index (χ0v) is 14.8. The maximum absolute atomic E-state index is 11.9. The number of fused-ring (bicyclic) bond motifs is 1. The van der Waals surface area contributed by atoms with Gasteiger partial charge in [-0.25, -0.2) is 4.79 Å². The Morgan fingerprint density at radius 3 is 3.00 bits per heavy atom. The van der Waals surface area contributed by atoms with Crippen molar-refractivity contribution in [1.82, 2.24) is 0 Å². The Bertz CT molecular complexity index is 823. The van der Waals surface area contributed by atoms with Crippen LogP contribution in [0.15, 0.2) is 32.4 Å². The van der Waals surface area contributed by atoms with Gasteiger partial charge in [0.1, 0.15) is 5.58 Å². The van der Waals surface area contributed by atoms with E-state index in [-0.39, 0.29) is 11.7 Å². The first-order valence-electron chi connectivity index (χ1n) is 8.12. The monoisotopic (exact) mass is 346 g/mol. The molecule has 1 fully saturated rings. The molecule has 1 saturated heterocycles. The first kappa shape index (κ1) is 17.0. The van der Waals surface area contributed by atoms with Gasteiger partial charge in [-0.05, 0) is 43.4 Å². The molecule has 0 spiro atoms. The molecular formula is C18H22N2O3S. The van der Waals surface area contributed by atoms with Crippen molar-refractivity contribution in [3.8, 4) is 0 Å². The molecule has 6 heteroatoms. The smallest absolute Gasteiger partial charge is 0.336 e. The van der Waals surface area contributed by atoms with Gasteiger partial charge in [0.2, 0.25) is 0 Å². The van der Waals surface area contributed by atoms with Crippen LogP contribution in [0.5, 0.6) is 0 Å². The van der Waals surface area contributed by atoms with Gasteiger partial charge in [0, 0.05) is 23.8 Å². The van der Waals surface area contributed by atoms with E-state index in [0.717, 1.165) is 41.5 Å². The van der Waals surface area contributed by atoms with Crippen LogP contribution in [0.1, 0.15) is 29.5 Å². The average Bonchev–Trinajstić information content (AvgIpc) is 3.08. The lowest BCUT2D eigenvalue weighted by molar-refractivity contribution is 0.118. The van der Waals surface area contributed by atoms with Gasteiger partial charge in [0.25, 0.3) is 0 Å². The van der Waals surface area contributed by atoms with Crippen LogP contribution in [0.4, 0.5) is 0 Å². The minimum Gasteiger partial charge on any atom is -0.422 e. The van der Waals surface area contributed by atoms with Crippen LogP contribution in [0.25, 0.3) is 11.0 Å². The minimum atomic E-state index is -0.332. The Morgan fingerprint density at radius 2 is 2.25 bits per heavy atom. The van der Waals surface area contributed by atoms with E-state index in [1.807, 2.05) is 26.0 Å². The number of aryl methyl sites for hydroxylation is 2. The van der Waals surface area contributed by atoms with Crippen LogP contribution in [-0.4, -0.2) is 24.4 Å². The first-order valence-corrected chi connectivity index (χ1v) is 9.10. The number of thioether (sulfide) groups is 1. The molecule has 128 valence electrons. The Hall–Kier alpha value is -1.79. The highest BCUT2D eigenvalue weighted by molar-refractivity contribution is 8.13. The quantitative estimate of drug-likeness (QED) is 0.523. The van der Waals surface area contributed by atoms with E-state index in [9.17, 15) is 4.79 Å². The first-order chi connectivity index (χ1) is 11.5. The summed E-state index contributed by atoms with van der Waals surface area (Å²) < 4.78 is 10.9. The third-order valence-corrected chi connectivity index (χ3v) is 5.25. The number of aliphatic imine (C=N–C) groups is 1. The van der Waals surface area contributed by atoms with E-state index < -0.39 is 0 Å². The third kappa shape index (κ3) is 3.82. The second-order valence-corrected chi connectivity index (χ2v) is 7.07. The fourth-order valence-electron chi connectivity index (χ4n) is 2.82. The summed E-state index contributed by atoms with van der Waals surface area (Å²) in [6.45, 7) is 5.40.